The first kappa shape index (κ1) is 13.4. The normalized spacial score (nSPS) is 19.4. The summed E-state index contributed by atoms with van der Waals surface area (Å²) in [5.74, 6) is -0.173. The number of carbonyl (C=O) groups is 2. The fourth-order valence-corrected chi connectivity index (χ4v) is 2.98. The first-order valence-corrected chi connectivity index (χ1v) is 7.53. The van der Waals surface area contributed by atoms with Gasteiger partial charge in [0.1, 0.15) is 0 Å². The summed E-state index contributed by atoms with van der Waals surface area (Å²) in [4.78, 5) is 25.0. The topological polar surface area (TPSA) is 49.4 Å². The maximum absolute atomic E-state index is 12.0. The fourth-order valence-electron chi connectivity index (χ4n) is 1.70. The molecule has 1 atom stereocenters. The van der Waals surface area contributed by atoms with E-state index in [1.165, 1.54) is 4.90 Å². The van der Waals surface area contributed by atoms with Gasteiger partial charge in [-0.3, -0.25) is 14.5 Å². The van der Waals surface area contributed by atoms with E-state index in [9.17, 15) is 9.59 Å². The number of alkyl halides is 1. The number of carbonyl (C=O) groups excluding carboxylic acids is 2. The molecule has 0 radical (unpaired) electrons. The molecule has 0 saturated carbocycles. The summed E-state index contributed by atoms with van der Waals surface area (Å²) in [6.45, 7) is 2.38. The SMILES string of the molecule is Cc1ccccc1NC1SC(=O)N(CCBr)C1=O. The van der Waals surface area contributed by atoms with Crippen LogP contribution in [-0.2, 0) is 4.79 Å². The van der Waals surface area contributed by atoms with Gasteiger partial charge in [0.05, 0.1) is 0 Å². The Balaban J connectivity index is 2.10. The van der Waals surface area contributed by atoms with E-state index >= 15 is 0 Å². The molecule has 1 aromatic carbocycles. The molecule has 0 aromatic heterocycles. The molecule has 0 bridgehead atoms. The molecule has 1 aliphatic heterocycles. The second-order valence-electron chi connectivity index (χ2n) is 3.90. The van der Waals surface area contributed by atoms with Gasteiger partial charge in [-0.25, -0.2) is 0 Å². The maximum atomic E-state index is 12.0. The third-order valence-corrected chi connectivity index (χ3v) is 4.00. The second kappa shape index (κ2) is 5.75. The lowest BCUT2D eigenvalue weighted by Gasteiger charge is -2.14. The third-order valence-electron chi connectivity index (χ3n) is 2.67. The van der Waals surface area contributed by atoms with Gasteiger partial charge in [0.15, 0.2) is 5.37 Å². The number of halogens is 1. The van der Waals surface area contributed by atoms with Gasteiger partial charge in [0.25, 0.3) is 11.1 Å². The maximum Gasteiger partial charge on any atom is 0.290 e. The molecule has 2 amide bonds. The summed E-state index contributed by atoms with van der Waals surface area (Å²) >= 11 is 4.27. The molecule has 0 aliphatic carbocycles. The number of hydrogen-bond acceptors (Lipinski definition) is 4. The Hall–Kier alpha value is -1.01. The van der Waals surface area contributed by atoms with Gasteiger partial charge in [-0.05, 0) is 30.3 Å². The number of rotatable bonds is 4. The molecule has 2 rings (SSSR count). The first-order chi connectivity index (χ1) is 8.63. The van der Waals surface area contributed by atoms with Crippen molar-refractivity contribution in [2.75, 3.05) is 17.2 Å². The van der Waals surface area contributed by atoms with Crippen LogP contribution in [0.25, 0.3) is 0 Å². The van der Waals surface area contributed by atoms with Crippen molar-refractivity contribution in [1.82, 2.24) is 4.90 Å². The molecule has 1 unspecified atom stereocenters. The average Bonchev–Trinajstić information content (AvgIpc) is 2.60. The molecular formula is C12H13BrN2O2S. The number of anilines is 1. The zero-order valence-corrected chi connectivity index (χ0v) is 12.3. The van der Waals surface area contributed by atoms with Crippen LogP contribution in [0, 0.1) is 6.92 Å². The molecular weight excluding hydrogens is 316 g/mol. The van der Waals surface area contributed by atoms with Gasteiger partial charge >= 0.3 is 0 Å². The van der Waals surface area contributed by atoms with Crippen molar-refractivity contribution in [2.24, 2.45) is 0 Å². The van der Waals surface area contributed by atoms with E-state index in [2.05, 4.69) is 21.2 Å². The Labute approximate surface area is 118 Å². The van der Waals surface area contributed by atoms with Crippen LogP contribution in [0.5, 0.6) is 0 Å². The molecule has 1 fully saturated rings. The Morgan fingerprint density at radius 1 is 1.39 bits per heavy atom. The smallest absolute Gasteiger partial charge is 0.290 e. The lowest BCUT2D eigenvalue weighted by Crippen LogP contribution is -2.35. The van der Waals surface area contributed by atoms with E-state index in [1.54, 1.807) is 0 Å². The van der Waals surface area contributed by atoms with E-state index in [-0.39, 0.29) is 11.1 Å². The minimum absolute atomic E-state index is 0.173. The first-order valence-electron chi connectivity index (χ1n) is 5.53. The van der Waals surface area contributed by atoms with Gasteiger partial charge in [-0.15, -0.1) is 0 Å². The molecule has 1 aliphatic rings. The van der Waals surface area contributed by atoms with Crippen molar-refractivity contribution in [3.05, 3.63) is 29.8 Å². The molecule has 1 heterocycles. The number of nitrogens with zero attached hydrogens (tertiary/aromatic N) is 1. The lowest BCUT2D eigenvalue weighted by atomic mass is 10.2. The van der Waals surface area contributed by atoms with E-state index < -0.39 is 5.37 Å². The van der Waals surface area contributed by atoms with Crippen LogP contribution in [0.4, 0.5) is 10.5 Å². The number of hydrogen-bond donors (Lipinski definition) is 1. The number of aryl methyl sites for hydroxylation is 1. The van der Waals surface area contributed by atoms with Crippen molar-refractivity contribution in [3.63, 3.8) is 0 Å². The predicted molar refractivity (Wildman–Crippen MR) is 77.1 cm³/mol. The number of nitrogens with one attached hydrogen (secondary N) is 1. The Kier molecular flexibility index (Phi) is 4.29. The van der Waals surface area contributed by atoms with Crippen LogP contribution >= 0.6 is 27.7 Å². The predicted octanol–water partition coefficient (Wildman–Crippen LogP) is 2.82. The van der Waals surface area contributed by atoms with Crippen LogP contribution in [0.3, 0.4) is 0 Å². The number of thioether (sulfide) groups is 1. The zero-order chi connectivity index (χ0) is 13.1. The minimum atomic E-state index is -0.516. The van der Waals surface area contributed by atoms with Crippen molar-refractivity contribution >= 4 is 44.5 Å². The molecule has 1 N–H and O–H groups in total. The fraction of sp³-hybridized carbons (Fsp3) is 0.333. The Bertz CT molecular complexity index is 481. The van der Waals surface area contributed by atoms with Gasteiger partial charge in [-0.1, -0.05) is 34.1 Å². The van der Waals surface area contributed by atoms with Crippen LogP contribution in [0.1, 0.15) is 5.56 Å². The summed E-state index contributed by atoms with van der Waals surface area (Å²) < 4.78 is 0. The number of para-hydroxylation sites is 1. The van der Waals surface area contributed by atoms with E-state index in [4.69, 9.17) is 0 Å². The van der Waals surface area contributed by atoms with Gasteiger partial charge < -0.3 is 5.32 Å². The standard InChI is InChI=1S/C12H13BrN2O2S/c1-8-4-2-3-5-9(8)14-10-11(16)15(7-6-13)12(17)18-10/h2-5,10,14H,6-7H2,1H3. The van der Waals surface area contributed by atoms with Crippen molar-refractivity contribution < 1.29 is 9.59 Å². The average molecular weight is 329 g/mol. The zero-order valence-electron chi connectivity index (χ0n) is 9.85. The van der Waals surface area contributed by atoms with Gasteiger partial charge in [0, 0.05) is 17.6 Å². The highest BCUT2D eigenvalue weighted by Crippen LogP contribution is 2.29. The Morgan fingerprint density at radius 3 is 2.78 bits per heavy atom. The van der Waals surface area contributed by atoms with Crippen LogP contribution in [0.2, 0.25) is 0 Å². The molecule has 96 valence electrons. The molecule has 18 heavy (non-hydrogen) atoms. The highest BCUT2D eigenvalue weighted by Gasteiger charge is 2.39. The molecule has 0 spiro atoms. The van der Waals surface area contributed by atoms with Crippen LogP contribution < -0.4 is 5.32 Å². The number of amides is 2. The van der Waals surface area contributed by atoms with Crippen molar-refractivity contribution in [1.29, 1.82) is 0 Å². The largest absolute Gasteiger partial charge is 0.365 e. The lowest BCUT2D eigenvalue weighted by molar-refractivity contribution is -0.125. The van der Waals surface area contributed by atoms with E-state index in [0.29, 0.717) is 11.9 Å². The number of imide groups is 1. The summed E-state index contributed by atoms with van der Waals surface area (Å²) in [5, 5.41) is 3.01. The number of benzene rings is 1. The van der Waals surface area contributed by atoms with E-state index in [0.717, 1.165) is 23.0 Å². The van der Waals surface area contributed by atoms with Crippen LogP contribution in [0.15, 0.2) is 24.3 Å². The van der Waals surface area contributed by atoms with Crippen molar-refractivity contribution in [3.8, 4) is 0 Å². The molecule has 1 aromatic rings. The molecule has 1 saturated heterocycles. The molecule has 4 nitrogen and oxygen atoms in total. The van der Waals surface area contributed by atoms with Gasteiger partial charge in [0.2, 0.25) is 0 Å². The summed E-state index contributed by atoms with van der Waals surface area (Å²) in [6.07, 6.45) is 0. The highest BCUT2D eigenvalue weighted by molar-refractivity contribution is 9.09. The summed E-state index contributed by atoms with van der Waals surface area (Å²) in [5.41, 5.74) is 1.94. The van der Waals surface area contributed by atoms with Gasteiger partial charge in [-0.2, -0.15) is 0 Å². The van der Waals surface area contributed by atoms with E-state index in [1.807, 2.05) is 31.2 Å². The third kappa shape index (κ3) is 2.70. The quantitative estimate of drug-likeness (QED) is 0.863. The monoisotopic (exact) mass is 328 g/mol. The Morgan fingerprint density at radius 2 is 2.11 bits per heavy atom. The second-order valence-corrected chi connectivity index (χ2v) is 5.75. The molecule has 6 heteroatoms. The van der Waals surface area contributed by atoms with Crippen molar-refractivity contribution in [2.45, 2.75) is 12.3 Å². The minimum Gasteiger partial charge on any atom is -0.365 e. The summed E-state index contributed by atoms with van der Waals surface area (Å²) in [6, 6.07) is 7.70. The van der Waals surface area contributed by atoms with Crippen LogP contribution in [-0.4, -0.2) is 33.3 Å². The highest BCUT2D eigenvalue weighted by atomic mass is 79.9. The summed E-state index contributed by atoms with van der Waals surface area (Å²) in [7, 11) is 0.